The summed E-state index contributed by atoms with van der Waals surface area (Å²) in [6.45, 7) is 9.41. The van der Waals surface area contributed by atoms with E-state index in [9.17, 15) is 14.7 Å². The van der Waals surface area contributed by atoms with Crippen molar-refractivity contribution in [2.24, 2.45) is 0 Å². The second-order valence-electron chi connectivity index (χ2n) is 6.59. The first-order valence-corrected chi connectivity index (χ1v) is 9.27. The van der Waals surface area contributed by atoms with Gasteiger partial charge in [-0.1, -0.05) is 31.2 Å². The molecule has 0 spiro atoms. The molecule has 2 aromatic carbocycles. The number of carbonyl (C=O) groups excluding carboxylic acids is 1. The molecule has 28 heavy (non-hydrogen) atoms. The zero-order valence-electron chi connectivity index (χ0n) is 16.5. The van der Waals surface area contributed by atoms with Crippen LogP contribution >= 0.6 is 0 Å². The van der Waals surface area contributed by atoms with Crippen LogP contribution in [0.25, 0.3) is 0 Å². The molecule has 148 valence electrons. The molecule has 2 rings (SSSR count). The second kappa shape index (κ2) is 9.85. The van der Waals surface area contributed by atoms with Gasteiger partial charge in [0.25, 0.3) is 0 Å². The molecule has 5 nitrogen and oxygen atoms in total. The van der Waals surface area contributed by atoms with Gasteiger partial charge in [-0.3, -0.25) is 4.79 Å². The number of aliphatic carboxylic acids is 1. The Morgan fingerprint density at radius 3 is 2.36 bits per heavy atom. The molecule has 2 aromatic rings. The molecule has 0 saturated heterocycles. The van der Waals surface area contributed by atoms with Crippen molar-refractivity contribution in [2.45, 2.75) is 39.4 Å². The summed E-state index contributed by atoms with van der Waals surface area (Å²) in [6.07, 6.45) is 0.863. The van der Waals surface area contributed by atoms with Crippen LogP contribution < -0.4 is 4.74 Å². The smallest absolute Gasteiger partial charge is 0.337 e. The van der Waals surface area contributed by atoms with E-state index >= 15 is 0 Å². The molecule has 1 atom stereocenters. The van der Waals surface area contributed by atoms with Crippen molar-refractivity contribution in [3.05, 3.63) is 77.4 Å². The first-order valence-electron chi connectivity index (χ1n) is 9.27. The lowest BCUT2D eigenvalue weighted by Crippen LogP contribution is -2.21. The maximum atomic E-state index is 13.2. The Labute approximate surface area is 165 Å². The standard InChI is InChI=1S/C23H26O5/c1-5-14-27-22(23(25)26)20-16(6-2)8-7-9-19(20)21(24)17-10-12-18(13-11-17)28-15(3)4/h5,7-13,15,22H,1,6,14H2,2-4H3,(H,25,26). The SMILES string of the molecule is C=CCOC(C(=O)O)c1c(CC)cccc1C(=O)c1ccc(OC(C)C)cc1. The number of rotatable bonds is 10. The summed E-state index contributed by atoms with van der Waals surface area (Å²) in [6, 6.07) is 12.1. The van der Waals surface area contributed by atoms with Crippen LogP contribution in [0.15, 0.2) is 55.1 Å². The molecule has 0 aliphatic rings. The van der Waals surface area contributed by atoms with Crippen LogP contribution in [-0.2, 0) is 16.0 Å². The minimum Gasteiger partial charge on any atom is -0.491 e. The molecule has 0 aliphatic carbocycles. The fourth-order valence-electron chi connectivity index (χ4n) is 2.98. The lowest BCUT2D eigenvalue weighted by atomic mass is 9.90. The zero-order valence-corrected chi connectivity index (χ0v) is 16.5. The number of carbonyl (C=O) groups is 2. The van der Waals surface area contributed by atoms with Gasteiger partial charge in [-0.15, -0.1) is 6.58 Å². The number of ether oxygens (including phenoxy) is 2. The van der Waals surface area contributed by atoms with Crippen molar-refractivity contribution in [3.63, 3.8) is 0 Å². The molecular weight excluding hydrogens is 356 g/mol. The van der Waals surface area contributed by atoms with Crippen LogP contribution in [0.2, 0.25) is 0 Å². The lowest BCUT2D eigenvalue weighted by Gasteiger charge is -2.20. The van der Waals surface area contributed by atoms with Crippen LogP contribution in [0.5, 0.6) is 5.75 Å². The maximum absolute atomic E-state index is 13.2. The number of benzene rings is 2. The van der Waals surface area contributed by atoms with E-state index in [0.29, 0.717) is 28.9 Å². The fourth-order valence-corrected chi connectivity index (χ4v) is 2.98. The van der Waals surface area contributed by atoms with E-state index in [1.807, 2.05) is 26.8 Å². The van der Waals surface area contributed by atoms with E-state index in [0.717, 1.165) is 5.56 Å². The third kappa shape index (κ3) is 5.08. The van der Waals surface area contributed by atoms with Gasteiger partial charge in [0.15, 0.2) is 11.9 Å². The van der Waals surface area contributed by atoms with Gasteiger partial charge < -0.3 is 14.6 Å². The van der Waals surface area contributed by atoms with Crippen molar-refractivity contribution in [2.75, 3.05) is 6.61 Å². The summed E-state index contributed by atoms with van der Waals surface area (Å²) >= 11 is 0. The Hall–Kier alpha value is -2.92. The summed E-state index contributed by atoms with van der Waals surface area (Å²) < 4.78 is 11.1. The van der Waals surface area contributed by atoms with Gasteiger partial charge in [0.1, 0.15) is 5.75 Å². The quantitative estimate of drug-likeness (QED) is 0.480. The average Bonchev–Trinajstić information content (AvgIpc) is 2.67. The molecule has 0 radical (unpaired) electrons. The Morgan fingerprint density at radius 1 is 1.14 bits per heavy atom. The molecular formula is C23H26O5. The highest BCUT2D eigenvalue weighted by atomic mass is 16.5. The summed E-state index contributed by atoms with van der Waals surface area (Å²) in [4.78, 5) is 25.0. The summed E-state index contributed by atoms with van der Waals surface area (Å²) in [5, 5.41) is 9.68. The van der Waals surface area contributed by atoms with E-state index < -0.39 is 12.1 Å². The molecule has 0 saturated carbocycles. The van der Waals surface area contributed by atoms with Crippen LogP contribution in [0.4, 0.5) is 0 Å². The molecule has 0 aromatic heterocycles. The van der Waals surface area contributed by atoms with Crippen LogP contribution in [0.3, 0.4) is 0 Å². The Bertz CT molecular complexity index is 837. The largest absolute Gasteiger partial charge is 0.491 e. The van der Waals surface area contributed by atoms with E-state index in [2.05, 4.69) is 6.58 Å². The monoisotopic (exact) mass is 382 g/mol. The number of ketones is 1. The number of carboxylic acids is 1. The number of aryl methyl sites for hydroxylation is 1. The normalized spacial score (nSPS) is 11.9. The van der Waals surface area contributed by atoms with Crippen molar-refractivity contribution in [3.8, 4) is 5.75 Å². The molecule has 1 N–H and O–H groups in total. The van der Waals surface area contributed by atoms with Crippen LogP contribution in [0.1, 0.15) is 53.9 Å². The lowest BCUT2D eigenvalue weighted by molar-refractivity contribution is -0.150. The first kappa shape index (κ1) is 21.4. The van der Waals surface area contributed by atoms with E-state index in [4.69, 9.17) is 9.47 Å². The van der Waals surface area contributed by atoms with Gasteiger partial charge in [-0.2, -0.15) is 0 Å². The second-order valence-corrected chi connectivity index (χ2v) is 6.59. The van der Waals surface area contributed by atoms with Crippen molar-refractivity contribution in [1.82, 2.24) is 0 Å². The Morgan fingerprint density at radius 2 is 1.82 bits per heavy atom. The summed E-state index contributed by atoms with van der Waals surface area (Å²) in [7, 11) is 0. The van der Waals surface area contributed by atoms with E-state index in [1.54, 1.807) is 36.4 Å². The summed E-state index contributed by atoms with van der Waals surface area (Å²) in [5.74, 6) is -0.723. The molecule has 0 heterocycles. The molecule has 0 bridgehead atoms. The molecule has 5 heteroatoms. The van der Waals surface area contributed by atoms with Crippen molar-refractivity contribution in [1.29, 1.82) is 0 Å². The van der Waals surface area contributed by atoms with E-state index in [-0.39, 0.29) is 18.5 Å². The van der Waals surface area contributed by atoms with E-state index in [1.165, 1.54) is 6.08 Å². The molecule has 0 amide bonds. The minimum atomic E-state index is -1.24. The third-order valence-electron chi connectivity index (χ3n) is 4.18. The van der Waals surface area contributed by atoms with Gasteiger partial charge in [0.2, 0.25) is 0 Å². The fraction of sp³-hybridized carbons (Fsp3) is 0.304. The van der Waals surface area contributed by atoms with Crippen LogP contribution in [-0.4, -0.2) is 29.6 Å². The van der Waals surface area contributed by atoms with Gasteiger partial charge in [-0.25, -0.2) is 4.79 Å². The molecule has 1 unspecified atom stereocenters. The predicted molar refractivity (Wildman–Crippen MR) is 108 cm³/mol. The number of hydrogen-bond acceptors (Lipinski definition) is 4. The van der Waals surface area contributed by atoms with Gasteiger partial charge >= 0.3 is 5.97 Å². The van der Waals surface area contributed by atoms with Gasteiger partial charge in [-0.05, 0) is 50.1 Å². The Kier molecular flexibility index (Phi) is 7.52. The van der Waals surface area contributed by atoms with Crippen molar-refractivity contribution >= 4 is 11.8 Å². The van der Waals surface area contributed by atoms with Gasteiger partial charge in [0, 0.05) is 16.7 Å². The third-order valence-corrected chi connectivity index (χ3v) is 4.18. The highest BCUT2D eigenvalue weighted by Crippen LogP contribution is 2.29. The molecule has 0 aliphatic heterocycles. The molecule has 0 fully saturated rings. The maximum Gasteiger partial charge on any atom is 0.337 e. The zero-order chi connectivity index (χ0) is 20.7. The summed E-state index contributed by atoms with van der Waals surface area (Å²) in [5.41, 5.74) is 1.95. The number of carboxylic acid groups (broad SMARTS) is 1. The minimum absolute atomic E-state index is 0.0349. The highest BCUT2D eigenvalue weighted by Gasteiger charge is 2.28. The predicted octanol–water partition coefficient (Wildman–Crippen LogP) is 4.60. The topological polar surface area (TPSA) is 72.8 Å². The average molecular weight is 382 g/mol. The van der Waals surface area contributed by atoms with Crippen LogP contribution in [0, 0.1) is 0 Å². The number of hydrogen-bond donors (Lipinski definition) is 1. The highest BCUT2D eigenvalue weighted by molar-refractivity contribution is 6.10. The first-order chi connectivity index (χ1) is 13.4. The van der Waals surface area contributed by atoms with Gasteiger partial charge in [0.05, 0.1) is 12.7 Å². The Balaban J connectivity index is 2.47. The van der Waals surface area contributed by atoms with Crippen molar-refractivity contribution < 1.29 is 24.2 Å².